The number of ether oxygens (including phenoxy) is 1. The molecular formula is C11H15N2O3S. The van der Waals surface area contributed by atoms with Crippen molar-refractivity contribution in [2.45, 2.75) is 26.4 Å². The van der Waals surface area contributed by atoms with E-state index in [0.29, 0.717) is 5.00 Å². The quantitative estimate of drug-likeness (QED) is 0.898. The Morgan fingerprint density at radius 3 is 2.71 bits per heavy atom. The zero-order valence-electron chi connectivity index (χ0n) is 10.0. The van der Waals surface area contributed by atoms with E-state index in [1.165, 1.54) is 11.3 Å². The highest BCUT2D eigenvalue weighted by atomic mass is 32.1. The molecule has 1 rings (SSSR count). The molecule has 0 aromatic carbocycles. The minimum absolute atomic E-state index is 0.160. The van der Waals surface area contributed by atoms with E-state index >= 15 is 0 Å². The van der Waals surface area contributed by atoms with Crippen molar-refractivity contribution in [3.63, 3.8) is 0 Å². The highest BCUT2D eigenvalue weighted by molar-refractivity contribution is 7.13. The van der Waals surface area contributed by atoms with Crippen LogP contribution in [0.25, 0.3) is 0 Å². The van der Waals surface area contributed by atoms with Gasteiger partial charge < -0.3 is 10.1 Å². The number of nitrogens with zero attached hydrogens (tertiary/aromatic N) is 1. The number of amides is 2. The summed E-state index contributed by atoms with van der Waals surface area (Å²) < 4.78 is 4.98. The van der Waals surface area contributed by atoms with Crippen molar-refractivity contribution in [1.29, 1.82) is 0 Å². The summed E-state index contributed by atoms with van der Waals surface area (Å²) in [4.78, 5) is 22.6. The number of nitrogens with one attached hydrogen (secondary N) is 1. The van der Waals surface area contributed by atoms with E-state index in [2.05, 4.69) is 10.6 Å². The Balaban J connectivity index is 2.26. The minimum Gasteiger partial charge on any atom is -0.444 e. The third kappa shape index (κ3) is 5.91. The Kier molecular flexibility index (Phi) is 4.51. The molecule has 1 heterocycles. The lowest BCUT2D eigenvalue weighted by Gasteiger charge is -2.19. The second-order valence-corrected chi connectivity index (χ2v) is 5.24. The van der Waals surface area contributed by atoms with Crippen molar-refractivity contribution in [2.24, 2.45) is 0 Å². The zero-order valence-corrected chi connectivity index (χ0v) is 10.8. The van der Waals surface area contributed by atoms with E-state index in [1.54, 1.807) is 32.9 Å². The summed E-state index contributed by atoms with van der Waals surface area (Å²) >= 11 is 1.36. The van der Waals surface area contributed by atoms with Crippen molar-refractivity contribution in [3.05, 3.63) is 17.5 Å². The van der Waals surface area contributed by atoms with Crippen LogP contribution in [-0.2, 0) is 9.53 Å². The molecule has 2 amide bonds. The van der Waals surface area contributed by atoms with E-state index < -0.39 is 17.6 Å². The molecule has 1 N–H and O–H groups in total. The number of thiophene rings is 1. The van der Waals surface area contributed by atoms with Gasteiger partial charge in [0.25, 0.3) is 5.91 Å². The molecule has 0 aliphatic rings. The Bertz CT molecular complexity index is 382. The predicted molar refractivity (Wildman–Crippen MR) is 65.4 cm³/mol. The highest BCUT2D eigenvalue weighted by Crippen LogP contribution is 2.14. The first-order chi connectivity index (χ1) is 7.87. The lowest BCUT2D eigenvalue weighted by molar-refractivity contribution is -0.119. The Morgan fingerprint density at radius 2 is 2.18 bits per heavy atom. The van der Waals surface area contributed by atoms with Gasteiger partial charge in [0, 0.05) is 0 Å². The average Bonchev–Trinajstić information content (AvgIpc) is 2.64. The maximum atomic E-state index is 11.4. The van der Waals surface area contributed by atoms with Crippen LogP contribution in [0.15, 0.2) is 17.5 Å². The van der Waals surface area contributed by atoms with Gasteiger partial charge in [0.05, 0.1) is 0 Å². The van der Waals surface area contributed by atoms with Crippen molar-refractivity contribution in [1.82, 2.24) is 10.6 Å². The van der Waals surface area contributed by atoms with Gasteiger partial charge in [-0.3, -0.25) is 4.79 Å². The molecule has 0 unspecified atom stereocenters. The number of rotatable bonds is 3. The first-order valence-electron chi connectivity index (χ1n) is 5.12. The minimum atomic E-state index is -0.618. The van der Waals surface area contributed by atoms with Gasteiger partial charge in [-0.2, -0.15) is 0 Å². The summed E-state index contributed by atoms with van der Waals surface area (Å²) in [5, 5.41) is 8.60. The largest absolute Gasteiger partial charge is 0.444 e. The van der Waals surface area contributed by atoms with Gasteiger partial charge in [-0.15, -0.1) is 11.3 Å². The van der Waals surface area contributed by atoms with Crippen LogP contribution in [0.2, 0.25) is 0 Å². The van der Waals surface area contributed by atoms with E-state index in [-0.39, 0.29) is 6.54 Å². The van der Waals surface area contributed by atoms with Crippen LogP contribution in [0, 0.1) is 0 Å². The fraction of sp³-hybridized carbons (Fsp3) is 0.455. The number of carbonyl (C=O) groups excluding carboxylic acids is 2. The first-order valence-corrected chi connectivity index (χ1v) is 6.00. The molecule has 0 fully saturated rings. The maximum absolute atomic E-state index is 11.4. The fourth-order valence-corrected chi connectivity index (χ4v) is 1.57. The van der Waals surface area contributed by atoms with Gasteiger partial charge in [-0.05, 0) is 38.3 Å². The number of hydrogen-bond acceptors (Lipinski definition) is 4. The molecule has 0 aliphatic heterocycles. The summed E-state index contributed by atoms with van der Waals surface area (Å²) in [6.07, 6.45) is -0.618. The second kappa shape index (κ2) is 5.67. The molecule has 93 valence electrons. The monoisotopic (exact) mass is 255 g/mol. The van der Waals surface area contributed by atoms with Crippen LogP contribution >= 0.6 is 11.3 Å². The molecule has 1 radical (unpaired) electrons. The molecule has 0 aliphatic carbocycles. The van der Waals surface area contributed by atoms with Gasteiger partial charge in [0.2, 0.25) is 0 Å². The molecule has 0 atom stereocenters. The molecule has 0 saturated heterocycles. The normalized spacial score (nSPS) is 10.8. The van der Waals surface area contributed by atoms with Gasteiger partial charge in [-0.1, -0.05) is 0 Å². The number of carbonyl (C=O) groups is 2. The lowest BCUT2D eigenvalue weighted by atomic mass is 10.2. The van der Waals surface area contributed by atoms with Crippen LogP contribution in [0.5, 0.6) is 0 Å². The topological polar surface area (TPSA) is 69.5 Å². The van der Waals surface area contributed by atoms with Crippen LogP contribution in [0.1, 0.15) is 20.8 Å². The Morgan fingerprint density at radius 1 is 1.47 bits per heavy atom. The van der Waals surface area contributed by atoms with Gasteiger partial charge in [0.15, 0.2) is 0 Å². The molecular weight excluding hydrogens is 240 g/mol. The Hall–Kier alpha value is -1.56. The molecule has 0 saturated carbocycles. The molecule has 1 aromatic heterocycles. The highest BCUT2D eigenvalue weighted by Gasteiger charge is 2.16. The second-order valence-electron chi connectivity index (χ2n) is 4.31. The molecule has 17 heavy (non-hydrogen) atoms. The van der Waals surface area contributed by atoms with Crippen LogP contribution < -0.4 is 10.6 Å². The van der Waals surface area contributed by atoms with Gasteiger partial charge in [0.1, 0.15) is 17.1 Å². The van der Waals surface area contributed by atoms with Gasteiger partial charge in [-0.25, -0.2) is 10.1 Å². The molecule has 1 aromatic rings. The fourth-order valence-electron chi connectivity index (χ4n) is 0.958. The SMILES string of the molecule is CC(C)(C)OC(=O)NCC(=O)[N]c1cccs1. The Labute approximate surface area is 104 Å². The number of alkyl carbamates (subject to hydrolysis) is 1. The van der Waals surface area contributed by atoms with Crippen molar-refractivity contribution in [3.8, 4) is 0 Å². The summed E-state index contributed by atoms with van der Waals surface area (Å²) in [7, 11) is 0. The summed E-state index contributed by atoms with van der Waals surface area (Å²) in [5.41, 5.74) is -0.571. The molecule has 5 nitrogen and oxygen atoms in total. The van der Waals surface area contributed by atoms with E-state index in [1.807, 2.05) is 5.38 Å². The van der Waals surface area contributed by atoms with E-state index in [0.717, 1.165) is 0 Å². The van der Waals surface area contributed by atoms with E-state index in [4.69, 9.17) is 4.74 Å². The van der Waals surface area contributed by atoms with Crippen LogP contribution in [-0.4, -0.2) is 24.1 Å². The van der Waals surface area contributed by atoms with Crippen LogP contribution in [0.3, 0.4) is 0 Å². The standard InChI is InChI=1S/C11H15N2O3S/c1-11(2,3)16-10(15)12-7-8(14)13-9-5-4-6-17-9/h4-6H,7H2,1-3H3,(H,12,15). The zero-order chi connectivity index (χ0) is 12.9. The molecule has 0 spiro atoms. The van der Waals surface area contributed by atoms with Gasteiger partial charge >= 0.3 is 6.09 Å². The van der Waals surface area contributed by atoms with Crippen molar-refractivity contribution < 1.29 is 14.3 Å². The number of hydrogen-bond donors (Lipinski definition) is 1. The smallest absolute Gasteiger partial charge is 0.408 e. The summed E-state index contributed by atoms with van der Waals surface area (Å²) in [6.45, 7) is 5.10. The third-order valence-corrected chi connectivity index (χ3v) is 2.29. The molecule has 6 heteroatoms. The van der Waals surface area contributed by atoms with E-state index in [9.17, 15) is 9.59 Å². The maximum Gasteiger partial charge on any atom is 0.408 e. The van der Waals surface area contributed by atoms with Crippen molar-refractivity contribution >= 4 is 28.3 Å². The average molecular weight is 255 g/mol. The van der Waals surface area contributed by atoms with Crippen LogP contribution in [0.4, 0.5) is 9.80 Å². The first kappa shape index (κ1) is 13.5. The molecule has 0 bridgehead atoms. The lowest BCUT2D eigenvalue weighted by Crippen LogP contribution is -2.36. The summed E-state index contributed by atoms with van der Waals surface area (Å²) in [6, 6.07) is 3.54. The summed E-state index contributed by atoms with van der Waals surface area (Å²) in [5.74, 6) is -0.404. The predicted octanol–water partition coefficient (Wildman–Crippen LogP) is 2.04. The third-order valence-electron chi connectivity index (χ3n) is 1.52. The van der Waals surface area contributed by atoms with Crippen molar-refractivity contribution in [2.75, 3.05) is 6.54 Å².